The van der Waals surface area contributed by atoms with Gasteiger partial charge < -0.3 is 5.32 Å². The number of nitrogens with one attached hydrogen (secondary N) is 1. The zero-order chi connectivity index (χ0) is 13.7. The molecule has 0 unspecified atom stereocenters. The van der Waals surface area contributed by atoms with Crippen molar-refractivity contribution in [3.05, 3.63) is 33.8 Å². The first kappa shape index (κ1) is 15.0. The number of hydrogen-bond acceptors (Lipinski definition) is 2. The van der Waals surface area contributed by atoms with Crippen molar-refractivity contribution in [1.29, 1.82) is 0 Å². The predicted octanol–water partition coefficient (Wildman–Crippen LogP) is 3.58. The van der Waals surface area contributed by atoms with Gasteiger partial charge in [-0.25, -0.2) is 0 Å². The van der Waals surface area contributed by atoms with Gasteiger partial charge in [0.25, 0.3) is 0 Å². The molecule has 0 aliphatic carbocycles. The van der Waals surface area contributed by atoms with E-state index in [-0.39, 0.29) is 0 Å². The van der Waals surface area contributed by atoms with Crippen molar-refractivity contribution in [2.75, 3.05) is 26.2 Å². The number of benzene rings is 1. The van der Waals surface area contributed by atoms with Crippen molar-refractivity contribution in [1.82, 2.24) is 10.2 Å². The van der Waals surface area contributed by atoms with Gasteiger partial charge in [-0.3, -0.25) is 4.90 Å². The SMILES string of the molecule is CCNCC1CCN(Cc2ccc(C)cc2Br)CC1. The number of piperidine rings is 1. The number of hydrogen-bond donors (Lipinski definition) is 1. The lowest BCUT2D eigenvalue weighted by Crippen LogP contribution is -2.36. The lowest BCUT2D eigenvalue weighted by molar-refractivity contribution is 0.175. The third-order valence-corrected chi connectivity index (χ3v) is 4.73. The molecule has 1 aliphatic heterocycles. The second kappa shape index (κ2) is 7.41. The van der Waals surface area contributed by atoms with Crippen LogP contribution in [0.15, 0.2) is 22.7 Å². The van der Waals surface area contributed by atoms with Crippen LogP contribution in [0.3, 0.4) is 0 Å². The average Bonchev–Trinajstić information content (AvgIpc) is 2.41. The van der Waals surface area contributed by atoms with Gasteiger partial charge in [-0.2, -0.15) is 0 Å². The minimum Gasteiger partial charge on any atom is -0.317 e. The molecular weight excluding hydrogens is 300 g/mol. The number of halogens is 1. The summed E-state index contributed by atoms with van der Waals surface area (Å²) in [6, 6.07) is 6.68. The lowest BCUT2D eigenvalue weighted by atomic mass is 9.96. The van der Waals surface area contributed by atoms with Gasteiger partial charge in [-0.1, -0.05) is 35.0 Å². The van der Waals surface area contributed by atoms with Crippen LogP contribution in [0.4, 0.5) is 0 Å². The molecule has 2 rings (SSSR count). The summed E-state index contributed by atoms with van der Waals surface area (Å²) in [5.41, 5.74) is 2.73. The van der Waals surface area contributed by atoms with Crippen LogP contribution in [0, 0.1) is 12.8 Å². The van der Waals surface area contributed by atoms with Crippen molar-refractivity contribution in [2.45, 2.75) is 33.2 Å². The summed E-state index contributed by atoms with van der Waals surface area (Å²) >= 11 is 3.68. The van der Waals surface area contributed by atoms with E-state index in [0.717, 1.165) is 19.0 Å². The summed E-state index contributed by atoms with van der Waals surface area (Å²) in [7, 11) is 0. The van der Waals surface area contributed by atoms with Gasteiger partial charge in [-0.05, 0) is 69.1 Å². The molecule has 19 heavy (non-hydrogen) atoms. The molecule has 2 nitrogen and oxygen atoms in total. The molecule has 0 radical (unpaired) electrons. The first-order valence-electron chi connectivity index (χ1n) is 7.37. The Morgan fingerprint density at radius 1 is 1.32 bits per heavy atom. The predicted molar refractivity (Wildman–Crippen MR) is 85.4 cm³/mol. The van der Waals surface area contributed by atoms with Gasteiger partial charge in [-0.15, -0.1) is 0 Å². The number of nitrogens with zero attached hydrogens (tertiary/aromatic N) is 1. The first-order valence-corrected chi connectivity index (χ1v) is 8.16. The molecule has 0 atom stereocenters. The fourth-order valence-corrected chi connectivity index (χ4v) is 3.34. The quantitative estimate of drug-likeness (QED) is 0.890. The van der Waals surface area contributed by atoms with Gasteiger partial charge in [0.05, 0.1) is 0 Å². The van der Waals surface area contributed by atoms with E-state index in [0.29, 0.717) is 0 Å². The zero-order valence-electron chi connectivity index (χ0n) is 12.1. The summed E-state index contributed by atoms with van der Waals surface area (Å²) in [6.07, 6.45) is 2.66. The Kier molecular flexibility index (Phi) is 5.86. The van der Waals surface area contributed by atoms with E-state index in [1.807, 2.05) is 0 Å². The number of aryl methyl sites for hydroxylation is 1. The Hall–Kier alpha value is -0.380. The lowest BCUT2D eigenvalue weighted by Gasteiger charge is -2.32. The summed E-state index contributed by atoms with van der Waals surface area (Å²) < 4.78 is 1.25. The highest BCUT2D eigenvalue weighted by atomic mass is 79.9. The largest absolute Gasteiger partial charge is 0.317 e. The molecule has 1 aliphatic rings. The average molecular weight is 325 g/mol. The van der Waals surface area contributed by atoms with E-state index in [1.54, 1.807) is 0 Å². The van der Waals surface area contributed by atoms with Crippen LogP contribution >= 0.6 is 15.9 Å². The Balaban J connectivity index is 1.82. The Morgan fingerprint density at radius 3 is 2.68 bits per heavy atom. The van der Waals surface area contributed by atoms with E-state index >= 15 is 0 Å². The van der Waals surface area contributed by atoms with Crippen molar-refractivity contribution < 1.29 is 0 Å². The first-order chi connectivity index (χ1) is 9.19. The Labute approximate surface area is 125 Å². The maximum absolute atomic E-state index is 3.68. The molecule has 1 heterocycles. The van der Waals surface area contributed by atoms with Crippen molar-refractivity contribution >= 4 is 15.9 Å². The van der Waals surface area contributed by atoms with E-state index in [9.17, 15) is 0 Å². The topological polar surface area (TPSA) is 15.3 Å². The molecule has 1 aromatic rings. The Bertz CT molecular complexity index is 398. The van der Waals surface area contributed by atoms with E-state index in [2.05, 4.69) is 58.2 Å². The van der Waals surface area contributed by atoms with Gasteiger partial charge in [0.15, 0.2) is 0 Å². The minimum absolute atomic E-state index is 0.873. The van der Waals surface area contributed by atoms with E-state index < -0.39 is 0 Å². The monoisotopic (exact) mass is 324 g/mol. The summed E-state index contributed by atoms with van der Waals surface area (Å²) in [5, 5.41) is 3.47. The van der Waals surface area contributed by atoms with Gasteiger partial charge in [0.2, 0.25) is 0 Å². The van der Waals surface area contributed by atoms with Crippen molar-refractivity contribution in [3.8, 4) is 0 Å². The van der Waals surface area contributed by atoms with Crippen molar-refractivity contribution in [2.24, 2.45) is 5.92 Å². The summed E-state index contributed by atoms with van der Waals surface area (Å²) in [5.74, 6) is 0.873. The standard InChI is InChI=1S/C16H25BrN2/c1-3-18-11-14-6-8-19(9-7-14)12-15-5-4-13(2)10-16(15)17/h4-5,10,14,18H,3,6-9,11-12H2,1-2H3. The fraction of sp³-hybridized carbons (Fsp3) is 0.625. The zero-order valence-corrected chi connectivity index (χ0v) is 13.7. The van der Waals surface area contributed by atoms with Gasteiger partial charge in [0.1, 0.15) is 0 Å². The molecule has 1 saturated heterocycles. The van der Waals surface area contributed by atoms with Crippen LogP contribution in [0.5, 0.6) is 0 Å². The van der Waals surface area contributed by atoms with Crippen LogP contribution in [0.25, 0.3) is 0 Å². The molecule has 106 valence electrons. The van der Waals surface area contributed by atoms with Crippen LogP contribution in [-0.2, 0) is 6.54 Å². The third-order valence-electron chi connectivity index (χ3n) is 3.99. The summed E-state index contributed by atoms with van der Waals surface area (Å²) in [4.78, 5) is 2.58. The molecule has 1 aromatic carbocycles. The molecule has 1 N–H and O–H groups in total. The van der Waals surface area contributed by atoms with E-state index in [4.69, 9.17) is 0 Å². The maximum atomic E-state index is 3.68. The molecular formula is C16H25BrN2. The van der Waals surface area contributed by atoms with Crippen LogP contribution in [-0.4, -0.2) is 31.1 Å². The highest BCUT2D eigenvalue weighted by molar-refractivity contribution is 9.10. The van der Waals surface area contributed by atoms with Crippen LogP contribution < -0.4 is 5.32 Å². The molecule has 0 aromatic heterocycles. The normalized spacial score (nSPS) is 17.8. The molecule has 0 bridgehead atoms. The Morgan fingerprint density at radius 2 is 2.05 bits per heavy atom. The van der Waals surface area contributed by atoms with Gasteiger partial charge >= 0.3 is 0 Å². The third kappa shape index (κ3) is 4.59. The number of rotatable bonds is 5. The highest BCUT2D eigenvalue weighted by Gasteiger charge is 2.19. The molecule has 3 heteroatoms. The fourth-order valence-electron chi connectivity index (χ4n) is 2.72. The molecule has 0 spiro atoms. The maximum Gasteiger partial charge on any atom is 0.0244 e. The van der Waals surface area contributed by atoms with Crippen molar-refractivity contribution in [3.63, 3.8) is 0 Å². The smallest absolute Gasteiger partial charge is 0.0244 e. The second-order valence-electron chi connectivity index (χ2n) is 5.62. The molecule has 0 saturated carbocycles. The molecule has 0 amide bonds. The van der Waals surface area contributed by atoms with Crippen LogP contribution in [0.1, 0.15) is 30.9 Å². The summed E-state index contributed by atoms with van der Waals surface area (Å²) in [6.45, 7) is 10.2. The highest BCUT2D eigenvalue weighted by Crippen LogP contribution is 2.23. The minimum atomic E-state index is 0.873. The van der Waals surface area contributed by atoms with Crippen LogP contribution in [0.2, 0.25) is 0 Å². The molecule has 1 fully saturated rings. The van der Waals surface area contributed by atoms with Gasteiger partial charge in [0, 0.05) is 11.0 Å². The second-order valence-corrected chi connectivity index (χ2v) is 6.48. The van der Waals surface area contributed by atoms with E-state index in [1.165, 1.54) is 48.1 Å². The number of likely N-dealkylation sites (tertiary alicyclic amines) is 1.